The number of halogens is 2. The standard InChI is InChI=1S/C18H14Br2N2O2/c1-11-7-15(19)17(16(20)8-11)22-18(23)13(10-21)9-12-3-5-14(24-2)6-4-12/h3-9H,1-2H3,(H,22,23)/b13-9+. The second kappa shape index (κ2) is 8.13. The third-order valence-electron chi connectivity index (χ3n) is 3.22. The molecule has 0 saturated heterocycles. The van der Waals surface area contributed by atoms with Crippen molar-refractivity contribution in [2.24, 2.45) is 0 Å². The SMILES string of the molecule is COc1ccc(/C=C(\C#N)C(=O)Nc2c(Br)cc(C)cc2Br)cc1. The van der Waals surface area contributed by atoms with Crippen molar-refractivity contribution >= 4 is 49.5 Å². The number of nitriles is 1. The van der Waals surface area contributed by atoms with Crippen molar-refractivity contribution in [1.82, 2.24) is 0 Å². The van der Waals surface area contributed by atoms with E-state index in [1.165, 1.54) is 6.08 Å². The molecule has 0 saturated carbocycles. The van der Waals surface area contributed by atoms with E-state index >= 15 is 0 Å². The van der Waals surface area contributed by atoms with Crippen LogP contribution in [0.25, 0.3) is 6.08 Å². The molecule has 2 rings (SSSR count). The minimum Gasteiger partial charge on any atom is -0.497 e. The molecule has 1 N–H and O–H groups in total. The van der Waals surface area contributed by atoms with Gasteiger partial charge in [0.05, 0.1) is 12.8 Å². The third kappa shape index (κ3) is 4.47. The summed E-state index contributed by atoms with van der Waals surface area (Å²) in [6, 6.07) is 12.8. The van der Waals surface area contributed by atoms with E-state index in [4.69, 9.17) is 4.74 Å². The van der Waals surface area contributed by atoms with Crippen LogP contribution in [0.15, 0.2) is 50.9 Å². The predicted octanol–water partition coefficient (Wildman–Crippen LogP) is 5.07. The average molecular weight is 450 g/mol. The van der Waals surface area contributed by atoms with Crippen LogP contribution < -0.4 is 10.1 Å². The third-order valence-corrected chi connectivity index (χ3v) is 4.47. The molecular formula is C18H14Br2N2O2. The first kappa shape index (κ1) is 18.2. The molecule has 0 aliphatic carbocycles. The predicted molar refractivity (Wildman–Crippen MR) is 102 cm³/mol. The van der Waals surface area contributed by atoms with Crippen LogP contribution in [0.5, 0.6) is 5.75 Å². The number of ether oxygens (including phenoxy) is 1. The second-order valence-corrected chi connectivity index (χ2v) is 6.71. The van der Waals surface area contributed by atoms with Crippen LogP contribution in [0.3, 0.4) is 0 Å². The van der Waals surface area contributed by atoms with Crippen LogP contribution in [0.4, 0.5) is 5.69 Å². The van der Waals surface area contributed by atoms with Crippen LogP contribution in [0, 0.1) is 18.3 Å². The van der Waals surface area contributed by atoms with Crippen molar-refractivity contribution in [2.75, 3.05) is 12.4 Å². The van der Waals surface area contributed by atoms with E-state index in [9.17, 15) is 10.1 Å². The number of methoxy groups -OCH3 is 1. The van der Waals surface area contributed by atoms with Gasteiger partial charge in [-0.3, -0.25) is 4.79 Å². The molecule has 24 heavy (non-hydrogen) atoms. The van der Waals surface area contributed by atoms with Crippen LogP contribution in [0.1, 0.15) is 11.1 Å². The number of aryl methyl sites for hydroxylation is 1. The molecule has 4 nitrogen and oxygen atoms in total. The largest absolute Gasteiger partial charge is 0.497 e. The van der Waals surface area contributed by atoms with Gasteiger partial charge in [-0.1, -0.05) is 12.1 Å². The summed E-state index contributed by atoms with van der Waals surface area (Å²) >= 11 is 6.84. The van der Waals surface area contributed by atoms with Crippen LogP contribution in [-0.4, -0.2) is 13.0 Å². The Bertz CT molecular complexity index is 814. The number of nitrogens with one attached hydrogen (secondary N) is 1. The summed E-state index contributed by atoms with van der Waals surface area (Å²) in [4.78, 5) is 12.4. The molecule has 0 bridgehead atoms. The lowest BCUT2D eigenvalue weighted by Gasteiger charge is -2.10. The van der Waals surface area contributed by atoms with Gasteiger partial charge in [-0.25, -0.2) is 0 Å². The molecule has 6 heteroatoms. The fourth-order valence-electron chi connectivity index (χ4n) is 2.02. The maximum atomic E-state index is 12.4. The Kier molecular flexibility index (Phi) is 6.18. The number of carbonyl (C=O) groups is 1. The lowest BCUT2D eigenvalue weighted by atomic mass is 10.1. The molecule has 122 valence electrons. The highest BCUT2D eigenvalue weighted by atomic mass is 79.9. The molecule has 0 aliphatic rings. The Labute approximate surface area is 157 Å². The molecule has 1 amide bonds. The van der Waals surface area contributed by atoms with Crippen molar-refractivity contribution in [1.29, 1.82) is 5.26 Å². The number of benzene rings is 2. The summed E-state index contributed by atoms with van der Waals surface area (Å²) in [6.07, 6.45) is 1.53. The van der Waals surface area contributed by atoms with Crippen molar-refractivity contribution in [2.45, 2.75) is 6.92 Å². The van der Waals surface area contributed by atoms with Gasteiger partial charge < -0.3 is 10.1 Å². The van der Waals surface area contributed by atoms with Gasteiger partial charge in [0.15, 0.2) is 0 Å². The van der Waals surface area contributed by atoms with Gasteiger partial charge in [-0.2, -0.15) is 5.26 Å². The van der Waals surface area contributed by atoms with E-state index in [2.05, 4.69) is 37.2 Å². The Balaban J connectivity index is 2.26. The minimum absolute atomic E-state index is 0.0135. The molecule has 0 fully saturated rings. The summed E-state index contributed by atoms with van der Waals surface area (Å²) < 4.78 is 6.57. The Morgan fingerprint density at radius 3 is 2.29 bits per heavy atom. The normalized spacial score (nSPS) is 10.9. The number of amides is 1. The van der Waals surface area contributed by atoms with Gasteiger partial charge in [-0.15, -0.1) is 0 Å². The molecular weight excluding hydrogens is 436 g/mol. The smallest absolute Gasteiger partial charge is 0.266 e. The van der Waals surface area contributed by atoms with Crippen molar-refractivity contribution in [3.05, 3.63) is 62.0 Å². The van der Waals surface area contributed by atoms with Gasteiger partial charge in [-0.05, 0) is 80.3 Å². The van der Waals surface area contributed by atoms with Gasteiger partial charge in [0.25, 0.3) is 5.91 Å². The number of rotatable bonds is 4. The quantitative estimate of drug-likeness (QED) is 0.523. The number of carbonyl (C=O) groups excluding carboxylic acids is 1. The molecule has 0 unspecified atom stereocenters. The molecule has 0 aliphatic heterocycles. The molecule has 0 atom stereocenters. The average Bonchev–Trinajstić information content (AvgIpc) is 2.56. The molecule has 0 heterocycles. The first-order chi connectivity index (χ1) is 11.4. The highest BCUT2D eigenvalue weighted by Crippen LogP contribution is 2.32. The zero-order valence-corrected chi connectivity index (χ0v) is 16.2. The monoisotopic (exact) mass is 448 g/mol. The van der Waals surface area contributed by atoms with Crippen LogP contribution >= 0.6 is 31.9 Å². The molecule has 0 aromatic heterocycles. The van der Waals surface area contributed by atoms with E-state index in [0.29, 0.717) is 11.4 Å². The van der Waals surface area contributed by atoms with Crippen molar-refractivity contribution in [3.8, 4) is 11.8 Å². The highest BCUT2D eigenvalue weighted by molar-refractivity contribution is 9.11. The summed E-state index contributed by atoms with van der Waals surface area (Å²) in [7, 11) is 1.58. The lowest BCUT2D eigenvalue weighted by Crippen LogP contribution is -2.14. The number of anilines is 1. The van der Waals surface area contributed by atoms with E-state index in [1.54, 1.807) is 31.4 Å². The van der Waals surface area contributed by atoms with Crippen LogP contribution in [0.2, 0.25) is 0 Å². The molecule has 0 radical (unpaired) electrons. The summed E-state index contributed by atoms with van der Waals surface area (Å²) in [5.41, 5.74) is 2.38. The number of hydrogen-bond acceptors (Lipinski definition) is 3. The zero-order valence-electron chi connectivity index (χ0n) is 13.1. The van der Waals surface area contributed by atoms with Gasteiger partial charge in [0, 0.05) is 8.95 Å². The maximum Gasteiger partial charge on any atom is 0.266 e. The Morgan fingerprint density at radius 1 is 1.21 bits per heavy atom. The second-order valence-electron chi connectivity index (χ2n) is 5.00. The van der Waals surface area contributed by atoms with E-state index in [0.717, 1.165) is 20.1 Å². The first-order valence-electron chi connectivity index (χ1n) is 6.97. The fourth-order valence-corrected chi connectivity index (χ4v) is 3.63. The molecule has 0 spiro atoms. The summed E-state index contributed by atoms with van der Waals surface area (Å²) in [6.45, 7) is 1.95. The summed E-state index contributed by atoms with van der Waals surface area (Å²) in [5.74, 6) is 0.237. The minimum atomic E-state index is -0.474. The number of hydrogen-bond donors (Lipinski definition) is 1. The highest BCUT2D eigenvalue weighted by Gasteiger charge is 2.14. The molecule has 2 aromatic carbocycles. The van der Waals surface area contributed by atoms with E-state index < -0.39 is 5.91 Å². The maximum absolute atomic E-state index is 12.4. The summed E-state index contributed by atoms with van der Waals surface area (Å²) in [5, 5.41) is 12.0. The lowest BCUT2D eigenvalue weighted by molar-refractivity contribution is -0.112. The molecule has 2 aromatic rings. The Morgan fingerprint density at radius 2 is 1.79 bits per heavy atom. The van der Waals surface area contributed by atoms with Crippen LogP contribution in [-0.2, 0) is 4.79 Å². The first-order valence-corrected chi connectivity index (χ1v) is 8.56. The van der Waals surface area contributed by atoms with Gasteiger partial charge in [0.2, 0.25) is 0 Å². The fraction of sp³-hybridized carbons (Fsp3) is 0.111. The van der Waals surface area contributed by atoms with Crippen molar-refractivity contribution < 1.29 is 9.53 Å². The van der Waals surface area contributed by atoms with E-state index in [-0.39, 0.29) is 5.57 Å². The Hall–Kier alpha value is -2.10. The zero-order chi connectivity index (χ0) is 17.7. The topological polar surface area (TPSA) is 62.1 Å². The van der Waals surface area contributed by atoms with Gasteiger partial charge >= 0.3 is 0 Å². The van der Waals surface area contributed by atoms with E-state index in [1.807, 2.05) is 25.1 Å². The number of nitrogens with zero attached hydrogens (tertiary/aromatic N) is 1. The van der Waals surface area contributed by atoms with Crippen molar-refractivity contribution in [3.63, 3.8) is 0 Å². The van der Waals surface area contributed by atoms with Gasteiger partial charge in [0.1, 0.15) is 17.4 Å².